The normalized spacial score (nSPS) is 12.0. The molecule has 38 heavy (non-hydrogen) atoms. The molecule has 1 unspecified atom stereocenters. The first kappa shape index (κ1) is 29.2. The summed E-state index contributed by atoms with van der Waals surface area (Å²) in [6.07, 6.45) is 1.13. The Morgan fingerprint density at radius 3 is 2.13 bits per heavy atom. The molecule has 1 N–H and O–H groups in total. The van der Waals surface area contributed by atoms with Crippen LogP contribution in [0.5, 0.6) is 0 Å². The van der Waals surface area contributed by atoms with E-state index in [-0.39, 0.29) is 17.3 Å². The lowest BCUT2D eigenvalue weighted by Gasteiger charge is -2.33. The Morgan fingerprint density at radius 1 is 0.921 bits per heavy atom. The standard InChI is InChI=1S/C29H34ClN3O4S/c1-4-19-31-29(35)27(5-2)32(20-23-13-11-22(3)12-14-23)28(34)21-33(25-17-15-24(30)16-18-25)38(36,37)26-9-7-6-8-10-26/h6-18,27H,4-5,19-21H2,1-3H3,(H,31,35). The highest BCUT2D eigenvalue weighted by Crippen LogP contribution is 2.26. The van der Waals surface area contributed by atoms with Gasteiger partial charge in [-0.15, -0.1) is 0 Å². The van der Waals surface area contributed by atoms with E-state index < -0.39 is 28.5 Å². The number of rotatable bonds is 12. The number of hydrogen-bond acceptors (Lipinski definition) is 4. The quantitative estimate of drug-likeness (QED) is 0.334. The zero-order chi connectivity index (χ0) is 27.7. The van der Waals surface area contributed by atoms with Gasteiger partial charge in [0.2, 0.25) is 11.8 Å². The summed E-state index contributed by atoms with van der Waals surface area (Å²) in [6.45, 7) is 5.93. The Hall–Kier alpha value is -3.36. The van der Waals surface area contributed by atoms with Crippen LogP contribution in [0.1, 0.15) is 37.8 Å². The van der Waals surface area contributed by atoms with E-state index in [1.165, 1.54) is 17.0 Å². The molecule has 9 heteroatoms. The molecule has 0 aliphatic rings. The first-order valence-corrected chi connectivity index (χ1v) is 14.4. The summed E-state index contributed by atoms with van der Waals surface area (Å²) in [4.78, 5) is 28.5. The van der Waals surface area contributed by atoms with E-state index >= 15 is 0 Å². The summed E-state index contributed by atoms with van der Waals surface area (Å²) in [5, 5.41) is 3.32. The Kier molecular flexibility index (Phi) is 10.3. The molecule has 0 saturated carbocycles. The lowest BCUT2D eigenvalue weighted by atomic mass is 10.1. The van der Waals surface area contributed by atoms with Crippen molar-refractivity contribution < 1.29 is 18.0 Å². The van der Waals surface area contributed by atoms with Crippen molar-refractivity contribution >= 4 is 39.1 Å². The highest BCUT2D eigenvalue weighted by molar-refractivity contribution is 7.92. The van der Waals surface area contributed by atoms with Gasteiger partial charge < -0.3 is 10.2 Å². The summed E-state index contributed by atoms with van der Waals surface area (Å²) in [7, 11) is -4.10. The first-order valence-electron chi connectivity index (χ1n) is 12.6. The molecule has 3 aromatic carbocycles. The number of benzene rings is 3. The molecule has 0 aromatic heterocycles. The molecular formula is C29H34ClN3O4S. The third-order valence-electron chi connectivity index (χ3n) is 6.13. The van der Waals surface area contributed by atoms with Crippen LogP contribution in [0, 0.1) is 6.92 Å². The van der Waals surface area contributed by atoms with Gasteiger partial charge in [0.05, 0.1) is 10.6 Å². The average molecular weight is 556 g/mol. The predicted molar refractivity (Wildman–Crippen MR) is 152 cm³/mol. The van der Waals surface area contributed by atoms with Gasteiger partial charge in [0.25, 0.3) is 10.0 Å². The van der Waals surface area contributed by atoms with Crippen LogP contribution < -0.4 is 9.62 Å². The number of nitrogens with zero attached hydrogens (tertiary/aromatic N) is 2. The SMILES string of the molecule is CCCNC(=O)C(CC)N(Cc1ccc(C)cc1)C(=O)CN(c1ccc(Cl)cc1)S(=O)(=O)c1ccccc1. The number of aryl methyl sites for hydroxylation is 1. The largest absolute Gasteiger partial charge is 0.354 e. The third-order valence-corrected chi connectivity index (χ3v) is 8.17. The maximum Gasteiger partial charge on any atom is 0.264 e. The van der Waals surface area contributed by atoms with Crippen LogP contribution in [0.15, 0.2) is 83.8 Å². The third kappa shape index (κ3) is 7.36. The summed E-state index contributed by atoms with van der Waals surface area (Å²) in [5.41, 5.74) is 2.21. The van der Waals surface area contributed by atoms with Crippen molar-refractivity contribution in [3.8, 4) is 0 Å². The van der Waals surface area contributed by atoms with Crippen LogP contribution in [0.3, 0.4) is 0 Å². The molecule has 202 valence electrons. The Morgan fingerprint density at radius 2 is 1.55 bits per heavy atom. The van der Waals surface area contributed by atoms with Crippen LogP contribution in [0.2, 0.25) is 5.02 Å². The Bertz CT molecular complexity index is 1310. The van der Waals surface area contributed by atoms with Crippen molar-refractivity contribution in [2.45, 2.75) is 51.1 Å². The van der Waals surface area contributed by atoms with Crippen molar-refractivity contribution in [3.63, 3.8) is 0 Å². The van der Waals surface area contributed by atoms with E-state index in [9.17, 15) is 18.0 Å². The number of anilines is 1. The molecule has 0 saturated heterocycles. The molecule has 0 heterocycles. The minimum atomic E-state index is -4.10. The van der Waals surface area contributed by atoms with E-state index in [0.29, 0.717) is 23.7 Å². The monoisotopic (exact) mass is 555 g/mol. The van der Waals surface area contributed by atoms with Crippen molar-refractivity contribution in [1.29, 1.82) is 0 Å². The molecule has 7 nitrogen and oxygen atoms in total. The van der Waals surface area contributed by atoms with Crippen molar-refractivity contribution in [2.24, 2.45) is 0 Å². The predicted octanol–water partition coefficient (Wildman–Crippen LogP) is 5.18. The molecule has 0 radical (unpaired) electrons. The van der Waals surface area contributed by atoms with Gasteiger partial charge in [0.15, 0.2) is 0 Å². The van der Waals surface area contributed by atoms with Crippen molar-refractivity contribution in [3.05, 3.63) is 95.0 Å². The van der Waals surface area contributed by atoms with Crippen LogP contribution in [0.4, 0.5) is 5.69 Å². The van der Waals surface area contributed by atoms with Crippen molar-refractivity contribution in [1.82, 2.24) is 10.2 Å². The summed E-state index contributed by atoms with van der Waals surface area (Å²) in [6, 6.07) is 21.2. The molecular weight excluding hydrogens is 522 g/mol. The van der Waals surface area contributed by atoms with Crippen LogP contribution in [-0.4, -0.2) is 44.3 Å². The molecule has 2 amide bonds. The minimum absolute atomic E-state index is 0.0561. The zero-order valence-electron chi connectivity index (χ0n) is 21.9. The number of carbonyl (C=O) groups is 2. The second-order valence-corrected chi connectivity index (χ2v) is 11.3. The fraction of sp³-hybridized carbons (Fsp3) is 0.310. The number of carbonyl (C=O) groups excluding carboxylic acids is 2. The minimum Gasteiger partial charge on any atom is -0.354 e. The smallest absolute Gasteiger partial charge is 0.264 e. The van der Waals surface area contributed by atoms with E-state index in [1.807, 2.05) is 45.0 Å². The fourth-order valence-corrected chi connectivity index (χ4v) is 5.59. The van der Waals surface area contributed by atoms with E-state index in [4.69, 9.17) is 11.6 Å². The number of nitrogens with one attached hydrogen (secondary N) is 1. The van der Waals surface area contributed by atoms with Gasteiger partial charge in [-0.3, -0.25) is 13.9 Å². The summed E-state index contributed by atoms with van der Waals surface area (Å²) in [5.74, 6) is -0.752. The Balaban J connectivity index is 2.02. The number of amides is 2. The average Bonchev–Trinajstić information content (AvgIpc) is 2.92. The molecule has 0 fully saturated rings. The van der Waals surface area contributed by atoms with E-state index in [1.54, 1.807) is 42.5 Å². The van der Waals surface area contributed by atoms with Gasteiger partial charge in [0.1, 0.15) is 12.6 Å². The van der Waals surface area contributed by atoms with E-state index in [0.717, 1.165) is 21.9 Å². The van der Waals surface area contributed by atoms with Gasteiger partial charge in [-0.25, -0.2) is 8.42 Å². The Labute approximate surface area is 230 Å². The first-order chi connectivity index (χ1) is 18.2. The fourth-order valence-electron chi connectivity index (χ4n) is 4.03. The number of halogens is 1. The maximum absolute atomic E-state index is 13.9. The number of sulfonamides is 1. The molecule has 3 aromatic rings. The second kappa shape index (κ2) is 13.4. The summed E-state index contributed by atoms with van der Waals surface area (Å²) < 4.78 is 28.5. The van der Waals surface area contributed by atoms with Crippen LogP contribution in [0.25, 0.3) is 0 Å². The summed E-state index contributed by atoms with van der Waals surface area (Å²) >= 11 is 6.05. The lowest BCUT2D eigenvalue weighted by Crippen LogP contribution is -2.52. The molecule has 3 rings (SSSR count). The topological polar surface area (TPSA) is 86.8 Å². The van der Waals surface area contributed by atoms with Crippen LogP contribution in [-0.2, 0) is 26.2 Å². The van der Waals surface area contributed by atoms with Gasteiger partial charge in [-0.2, -0.15) is 0 Å². The molecule has 0 spiro atoms. The molecule has 0 aliphatic carbocycles. The van der Waals surface area contributed by atoms with Gasteiger partial charge in [-0.05, 0) is 61.7 Å². The van der Waals surface area contributed by atoms with Gasteiger partial charge >= 0.3 is 0 Å². The highest BCUT2D eigenvalue weighted by atomic mass is 35.5. The number of hydrogen-bond donors (Lipinski definition) is 1. The zero-order valence-corrected chi connectivity index (χ0v) is 23.5. The van der Waals surface area contributed by atoms with Crippen molar-refractivity contribution in [2.75, 3.05) is 17.4 Å². The van der Waals surface area contributed by atoms with Gasteiger partial charge in [0, 0.05) is 18.1 Å². The molecule has 1 atom stereocenters. The molecule has 0 aliphatic heterocycles. The highest BCUT2D eigenvalue weighted by Gasteiger charge is 2.33. The second-order valence-electron chi connectivity index (χ2n) is 9.02. The molecule has 0 bridgehead atoms. The van der Waals surface area contributed by atoms with Crippen LogP contribution >= 0.6 is 11.6 Å². The van der Waals surface area contributed by atoms with E-state index in [2.05, 4.69) is 5.32 Å². The maximum atomic E-state index is 13.9. The lowest BCUT2D eigenvalue weighted by molar-refractivity contribution is -0.140. The van der Waals surface area contributed by atoms with Gasteiger partial charge in [-0.1, -0.05) is 73.5 Å².